The van der Waals surface area contributed by atoms with Crippen molar-refractivity contribution in [3.63, 3.8) is 0 Å². The summed E-state index contributed by atoms with van der Waals surface area (Å²) in [5.41, 5.74) is 0. The van der Waals surface area contributed by atoms with Crippen LogP contribution in [0.1, 0.15) is 39.5 Å². The lowest BCUT2D eigenvalue weighted by molar-refractivity contribution is -0.00344. The van der Waals surface area contributed by atoms with Gasteiger partial charge in [-0.2, -0.15) is 0 Å². The lowest BCUT2D eigenvalue weighted by Gasteiger charge is -2.08. The first kappa shape index (κ1) is 29.7. The van der Waals surface area contributed by atoms with E-state index < -0.39 is 0 Å². The van der Waals surface area contributed by atoms with E-state index in [0.29, 0.717) is 79.3 Å². The van der Waals surface area contributed by atoms with Crippen molar-refractivity contribution < 1.29 is 37.9 Å². The summed E-state index contributed by atoms with van der Waals surface area (Å²) in [5, 5.41) is 0. The summed E-state index contributed by atoms with van der Waals surface area (Å²) in [6.45, 7) is 14.5. The van der Waals surface area contributed by atoms with Crippen LogP contribution in [0.5, 0.6) is 0 Å². The van der Waals surface area contributed by atoms with Crippen LogP contribution >= 0.6 is 0 Å². The lowest BCUT2D eigenvalue weighted by Crippen LogP contribution is -2.12. The van der Waals surface area contributed by atoms with Gasteiger partial charge in [-0.3, -0.25) is 0 Å². The van der Waals surface area contributed by atoms with Gasteiger partial charge in [0.05, 0.1) is 79.3 Å². The van der Waals surface area contributed by atoms with E-state index in [1.54, 1.807) is 0 Å². The minimum atomic E-state index is 0.595. The molecule has 0 fully saturated rings. The molecular formula is C22H46O8. The van der Waals surface area contributed by atoms with Gasteiger partial charge in [0.1, 0.15) is 0 Å². The predicted molar refractivity (Wildman–Crippen MR) is 116 cm³/mol. The Labute approximate surface area is 183 Å². The second-order valence-corrected chi connectivity index (χ2v) is 6.54. The van der Waals surface area contributed by atoms with Gasteiger partial charge >= 0.3 is 0 Å². The zero-order valence-electron chi connectivity index (χ0n) is 19.4. The molecule has 0 bridgehead atoms. The van der Waals surface area contributed by atoms with Gasteiger partial charge in [0.25, 0.3) is 0 Å². The van der Waals surface area contributed by atoms with Gasteiger partial charge in [0.15, 0.2) is 0 Å². The maximum absolute atomic E-state index is 5.55. The second-order valence-electron chi connectivity index (χ2n) is 6.54. The van der Waals surface area contributed by atoms with Gasteiger partial charge < -0.3 is 37.9 Å². The zero-order chi connectivity index (χ0) is 21.8. The van der Waals surface area contributed by atoms with Crippen molar-refractivity contribution in [3.05, 3.63) is 0 Å². The third kappa shape index (κ3) is 27.7. The van der Waals surface area contributed by atoms with Crippen LogP contribution in [0.3, 0.4) is 0 Å². The van der Waals surface area contributed by atoms with E-state index in [1.807, 2.05) is 6.92 Å². The van der Waals surface area contributed by atoms with Crippen molar-refractivity contribution in [2.24, 2.45) is 0 Å². The van der Waals surface area contributed by atoms with Crippen LogP contribution in [-0.2, 0) is 37.9 Å². The molecule has 0 saturated carbocycles. The van der Waals surface area contributed by atoms with Gasteiger partial charge in [-0.1, -0.05) is 6.92 Å². The summed E-state index contributed by atoms with van der Waals surface area (Å²) >= 11 is 0. The Morgan fingerprint density at radius 2 is 0.600 bits per heavy atom. The molecule has 8 nitrogen and oxygen atoms in total. The van der Waals surface area contributed by atoms with Crippen LogP contribution in [-0.4, -0.2) is 106 Å². The smallest absolute Gasteiger partial charge is 0.0701 e. The van der Waals surface area contributed by atoms with Crippen LogP contribution in [0.15, 0.2) is 0 Å². The standard InChI is InChI=1S/C22H46O8/c1-3-8-24-13-16-28-21-22-30-18-15-26-10-7-5-6-9-25-14-17-29-20-19-27-12-11-23-4-2/h3-22H2,1-2H3. The van der Waals surface area contributed by atoms with Crippen molar-refractivity contribution in [1.82, 2.24) is 0 Å². The van der Waals surface area contributed by atoms with Crippen LogP contribution in [0, 0.1) is 0 Å². The monoisotopic (exact) mass is 438 g/mol. The van der Waals surface area contributed by atoms with Gasteiger partial charge in [-0.25, -0.2) is 0 Å². The molecule has 0 heterocycles. The maximum Gasteiger partial charge on any atom is 0.0701 e. The molecule has 0 amide bonds. The Hall–Kier alpha value is -0.320. The SMILES string of the molecule is CCCOCCOCCOCCOCCCCCOCCOCCOCCOCC. The molecule has 0 atom stereocenters. The first-order chi connectivity index (χ1) is 14.9. The molecule has 0 aliphatic carbocycles. The summed E-state index contributed by atoms with van der Waals surface area (Å²) in [5.74, 6) is 0. The van der Waals surface area contributed by atoms with E-state index in [-0.39, 0.29) is 0 Å². The molecule has 0 aromatic heterocycles. The first-order valence-electron chi connectivity index (χ1n) is 11.5. The highest BCUT2D eigenvalue weighted by atomic mass is 16.6. The van der Waals surface area contributed by atoms with Crippen LogP contribution in [0.2, 0.25) is 0 Å². The summed E-state index contributed by atoms with van der Waals surface area (Å²) in [6, 6.07) is 0. The largest absolute Gasteiger partial charge is 0.379 e. The number of hydrogen-bond donors (Lipinski definition) is 0. The molecule has 0 aromatic rings. The van der Waals surface area contributed by atoms with Crippen molar-refractivity contribution in [1.29, 1.82) is 0 Å². The zero-order valence-corrected chi connectivity index (χ0v) is 19.4. The van der Waals surface area contributed by atoms with Crippen molar-refractivity contribution >= 4 is 0 Å². The van der Waals surface area contributed by atoms with E-state index in [4.69, 9.17) is 37.9 Å². The van der Waals surface area contributed by atoms with E-state index in [0.717, 1.165) is 52.1 Å². The fourth-order valence-corrected chi connectivity index (χ4v) is 2.30. The Morgan fingerprint density at radius 3 is 0.933 bits per heavy atom. The maximum atomic E-state index is 5.55. The molecule has 0 radical (unpaired) electrons. The molecule has 0 aromatic carbocycles. The normalized spacial score (nSPS) is 11.4. The highest BCUT2D eigenvalue weighted by Crippen LogP contribution is 1.97. The molecule has 0 aliphatic rings. The summed E-state index contributed by atoms with van der Waals surface area (Å²) in [6.07, 6.45) is 4.22. The average Bonchev–Trinajstić information content (AvgIpc) is 2.76. The molecule has 182 valence electrons. The molecular weight excluding hydrogens is 392 g/mol. The van der Waals surface area contributed by atoms with Gasteiger partial charge in [-0.15, -0.1) is 0 Å². The van der Waals surface area contributed by atoms with E-state index in [1.165, 1.54) is 0 Å². The first-order valence-corrected chi connectivity index (χ1v) is 11.5. The fourth-order valence-electron chi connectivity index (χ4n) is 2.30. The molecule has 0 N–H and O–H groups in total. The summed E-state index contributed by atoms with van der Waals surface area (Å²) in [7, 11) is 0. The highest BCUT2D eigenvalue weighted by molar-refractivity contribution is 4.42. The average molecular weight is 439 g/mol. The highest BCUT2D eigenvalue weighted by Gasteiger charge is 1.95. The number of hydrogen-bond acceptors (Lipinski definition) is 8. The number of ether oxygens (including phenoxy) is 8. The molecule has 0 rings (SSSR count). The van der Waals surface area contributed by atoms with Crippen molar-refractivity contribution in [2.75, 3.05) is 106 Å². The summed E-state index contributed by atoms with van der Waals surface area (Å²) < 4.78 is 43.3. The van der Waals surface area contributed by atoms with Crippen LogP contribution in [0.4, 0.5) is 0 Å². The minimum absolute atomic E-state index is 0.595. The van der Waals surface area contributed by atoms with Gasteiger partial charge in [0.2, 0.25) is 0 Å². The molecule has 30 heavy (non-hydrogen) atoms. The number of rotatable bonds is 27. The molecule has 0 aliphatic heterocycles. The predicted octanol–water partition coefficient (Wildman–Crippen LogP) is 2.72. The minimum Gasteiger partial charge on any atom is -0.379 e. The number of unbranched alkanes of at least 4 members (excludes halogenated alkanes) is 2. The quantitative estimate of drug-likeness (QED) is 0.181. The second kappa shape index (κ2) is 28.7. The Balaban J connectivity index is 2.97. The Bertz CT molecular complexity index is 266. The molecule has 0 spiro atoms. The summed E-state index contributed by atoms with van der Waals surface area (Å²) in [4.78, 5) is 0. The van der Waals surface area contributed by atoms with E-state index in [9.17, 15) is 0 Å². The molecule has 8 heteroatoms. The Morgan fingerprint density at radius 1 is 0.300 bits per heavy atom. The van der Waals surface area contributed by atoms with Crippen molar-refractivity contribution in [3.8, 4) is 0 Å². The lowest BCUT2D eigenvalue weighted by atomic mass is 10.2. The van der Waals surface area contributed by atoms with Crippen LogP contribution < -0.4 is 0 Å². The van der Waals surface area contributed by atoms with Gasteiger partial charge in [-0.05, 0) is 32.6 Å². The van der Waals surface area contributed by atoms with Crippen molar-refractivity contribution in [2.45, 2.75) is 39.5 Å². The fraction of sp³-hybridized carbons (Fsp3) is 1.00. The van der Waals surface area contributed by atoms with Crippen LogP contribution in [0.25, 0.3) is 0 Å². The third-order valence-electron chi connectivity index (χ3n) is 3.86. The van der Waals surface area contributed by atoms with Gasteiger partial charge in [0, 0.05) is 26.4 Å². The topological polar surface area (TPSA) is 73.8 Å². The molecule has 0 unspecified atom stereocenters. The van der Waals surface area contributed by atoms with E-state index >= 15 is 0 Å². The molecule has 0 saturated heterocycles. The van der Waals surface area contributed by atoms with E-state index in [2.05, 4.69) is 6.92 Å². The Kier molecular flexibility index (Phi) is 28.4. The third-order valence-corrected chi connectivity index (χ3v) is 3.86.